The fraction of sp³-hybridized carbons (Fsp3) is 0.818. The number of ether oxygens (including phenoxy) is 1. The Morgan fingerprint density at radius 3 is 2.79 bits per heavy atom. The Labute approximate surface area is 84.8 Å². The average molecular weight is 198 g/mol. The molecule has 1 aliphatic rings. The highest BCUT2D eigenvalue weighted by molar-refractivity contribution is 5.72. The van der Waals surface area contributed by atoms with Gasteiger partial charge in [-0.1, -0.05) is 6.42 Å². The molecule has 0 aliphatic heterocycles. The maximum atomic E-state index is 11.4. The third kappa shape index (κ3) is 3.13. The lowest BCUT2D eigenvalue weighted by Crippen LogP contribution is -2.17. The zero-order valence-electron chi connectivity index (χ0n) is 8.70. The normalized spacial score (nSPS) is 27.8. The molecule has 1 fully saturated rings. The second-order valence-corrected chi connectivity index (χ2v) is 3.85. The van der Waals surface area contributed by atoms with Crippen LogP contribution in [0.5, 0.6) is 0 Å². The molecule has 0 N–H and O–H groups in total. The van der Waals surface area contributed by atoms with Crippen molar-refractivity contribution in [3.8, 4) is 0 Å². The van der Waals surface area contributed by atoms with Crippen molar-refractivity contribution in [1.82, 2.24) is 0 Å². The maximum Gasteiger partial charge on any atom is 0.308 e. The smallest absolute Gasteiger partial charge is 0.308 e. The Hall–Kier alpha value is -0.860. The topological polar surface area (TPSA) is 43.4 Å². The van der Waals surface area contributed by atoms with Crippen molar-refractivity contribution >= 4 is 12.3 Å². The molecular formula is C11H18O3. The van der Waals surface area contributed by atoms with Crippen LogP contribution in [-0.4, -0.2) is 18.9 Å². The standard InChI is InChI=1S/C11H18O3/c1-2-14-11(13)10-5-3-4-9(8-12)6-7-10/h8-10H,2-7H2,1H3. The largest absolute Gasteiger partial charge is 0.466 e. The monoisotopic (exact) mass is 198 g/mol. The van der Waals surface area contributed by atoms with Gasteiger partial charge in [-0.2, -0.15) is 0 Å². The quantitative estimate of drug-likeness (QED) is 0.395. The molecule has 0 aromatic rings. The van der Waals surface area contributed by atoms with E-state index in [-0.39, 0.29) is 17.8 Å². The summed E-state index contributed by atoms with van der Waals surface area (Å²) in [6.45, 7) is 2.27. The van der Waals surface area contributed by atoms with Crippen LogP contribution in [0, 0.1) is 11.8 Å². The molecule has 0 aromatic heterocycles. The summed E-state index contributed by atoms with van der Waals surface area (Å²) in [4.78, 5) is 22.0. The molecule has 0 heterocycles. The predicted octanol–water partition coefficient (Wildman–Crippen LogP) is 1.94. The third-order valence-electron chi connectivity index (χ3n) is 2.83. The van der Waals surface area contributed by atoms with Gasteiger partial charge in [-0.15, -0.1) is 0 Å². The van der Waals surface area contributed by atoms with E-state index in [1.54, 1.807) is 0 Å². The van der Waals surface area contributed by atoms with E-state index in [1.165, 1.54) is 0 Å². The highest BCUT2D eigenvalue weighted by atomic mass is 16.5. The molecule has 0 bridgehead atoms. The van der Waals surface area contributed by atoms with E-state index >= 15 is 0 Å². The molecule has 1 rings (SSSR count). The number of rotatable bonds is 3. The number of hydrogen-bond donors (Lipinski definition) is 0. The molecule has 14 heavy (non-hydrogen) atoms. The van der Waals surface area contributed by atoms with Crippen LogP contribution in [0.4, 0.5) is 0 Å². The van der Waals surface area contributed by atoms with Gasteiger partial charge in [0.05, 0.1) is 12.5 Å². The molecule has 1 saturated carbocycles. The zero-order chi connectivity index (χ0) is 10.4. The molecule has 3 nitrogen and oxygen atoms in total. The number of carbonyl (C=O) groups excluding carboxylic acids is 2. The molecule has 3 heteroatoms. The minimum atomic E-state index is -0.0842. The molecule has 80 valence electrons. The predicted molar refractivity (Wildman–Crippen MR) is 52.8 cm³/mol. The Morgan fingerprint density at radius 1 is 1.36 bits per heavy atom. The van der Waals surface area contributed by atoms with E-state index in [0.717, 1.165) is 38.4 Å². The summed E-state index contributed by atoms with van der Waals surface area (Å²) >= 11 is 0. The van der Waals surface area contributed by atoms with Crippen LogP contribution in [0.2, 0.25) is 0 Å². The van der Waals surface area contributed by atoms with E-state index in [0.29, 0.717) is 6.61 Å². The summed E-state index contributed by atoms with van der Waals surface area (Å²) in [5.74, 6) is 0.105. The number of carbonyl (C=O) groups is 2. The molecule has 2 unspecified atom stereocenters. The van der Waals surface area contributed by atoms with Crippen LogP contribution in [0.3, 0.4) is 0 Å². The maximum absolute atomic E-state index is 11.4. The molecule has 0 radical (unpaired) electrons. The van der Waals surface area contributed by atoms with Gasteiger partial charge in [-0.25, -0.2) is 0 Å². The van der Waals surface area contributed by atoms with Gasteiger partial charge in [0.2, 0.25) is 0 Å². The Bertz CT molecular complexity index is 201. The van der Waals surface area contributed by atoms with Crippen LogP contribution in [0.15, 0.2) is 0 Å². The lowest BCUT2D eigenvalue weighted by molar-refractivity contribution is -0.148. The molecule has 0 saturated heterocycles. The van der Waals surface area contributed by atoms with Crippen molar-refractivity contribution in [2.24, 2.45) is 11.8 Å². The van der Waals surface area contributed by atoms with E-state index in [1.807, 2.05) is 6.92 Å². The van der Waals surface area contributed by atoms with Crippen molar-refractivity contribution in [2.75, 3.05) is 6.61 Å². The van der Waals surface area contributed by atoms with Crippen molar-refractivity contribution in [1.29, 1.82) is 0 Å². The van der Waals surface area contributed by atoms with Crippen LogP contribution in [0.25, 0.3) is 0 Å². The van der Waals surface area contributed by atoms with Gasteiger partial charge < -0.3 is 9.53 Å². The summed E-state index contributed by atoms with van der Waals surface area (Å²) < 4.78 is 4.98. The molecule has 0 amide bonds. The van der Waals surface area contributed by atoms with Crippen molar-refractivity contribution < 1.29 is 14.3 Å². The number of aldehydes is 1. The van der Waals surface area contributed by atoms with Gasteiger partial charge in [0.15, 0.2) is 0 Å². The Morgan fingerprint density at radius 2 is 2.14 bits per heavy atom. The highest BCUT2D eigenvalue weighted by Crippen LogP contribution is 2.26. The van der Waals surface area contributed by atoms with Gasteiger partial charge in [0, 0.05) is 5.92 Å². The average Bonchev–Trinajstić information content (AvgIpc) is 2.42. The van der Waals surface area contributed by atoms with Gasteiger partial charge in [-0.3, -0.25) is 4.79 Å². The third-order valence-corrected chi connectivity index (χ3v) is 2.83. The van der Waals surface area contributed by atoms with Gasteiger partial charge >= 0.3 is 5.97 Å². The minimum absolute atomic E-state index is 0.0277. The second kappa shape index (κ2) is 5.78. The zero-order valence-corrected chi connectivity index (χ0v) is 8.70. The number of hydrogen-bond acceptors (Lipinski definition) is 3. The summed E-state index contributed by atoms with van der Waals surface area (Å²) in [7, 11) is 0. The molecule has 2 atom stereocenters. The first-order valence-corrected chi connectivity index (χ1v) is 5.39. The first kappa shape index (κ1) is 11.2. The summed E-state index contributed by atoms with van der Waals surface area (Å²) in [6.07, 6.45) is 5.44. The highest BCUT2D eigenvalue weighted by Gasteiger charge is 2.24. The van der Waals surface area contributed by atoms with Crippen molar-refractivity contribution in [2.45, 2.75) is 39.0 Å². The van der Waals surface area contributed by atoms with Gasteiger partial charge in [-0.05, 0) is 32.6 Å². The van der Waals surface area contributed by atoms with Gasteiger partial charge in [0.25, 0.3) is 0 Å². The second-order valence-electron chi connectivity index (χ2n) is 3.85. The summed E-state index contributed by atoms with van der Waals surface area (Å²) in [5.41, 5.74) is 0. The Kier molecular flexibility index (Phi) is 4.63. The fourth-order valence-electron chi connectivity index (χ4n) is 1.96. The van der Waals surface area contributed by atoms with Gasteiger partial charge in [0.1, 0.15) is 6.29 Å². The van der Waals surface area contributed by atoms with Crippen molar-refractivity contribution in [3.63, 3.8) is 0 Å². The summed E-state index contributed by atoms with van der Waals surface area (Å²) in [5, 5.41) is 0. The van der Waals surface area contributed by atoms with E-state index in [4.69, 9.17) is 4.74 Å². The van der Waals surface area contributed by atoms with Crippen molar-refractivity contribution in [3.05, 3.63) is 0 Å². The fourth-order valence-corrected chi connectivity index (χ4v) is 1.96. The first-order valence-electron chi connectivity index (χ1n) is 5.39. The van der Waals surface area contributed by atoms with E-state index < -0.39 is 0 Å². The SMILES string of the molecule is CCOC(=O)C1CCCC(C=O)CC1. The first-order chi connectivity index (χ1) is 6.77. The molecule has 0 spiro atoms. The van der Waals surface area contributed by atoms with Crippen LogP contribution >= 0.6 is 0 Å². The minimum Gasteiger partial charge on any atom is -0.466 e. The lowest BCUT2D eigenvalue weighted by atomic mass is 9.99. The molecule has 1 aliphatic carbocycles. The Balaban J connectivity index is 2.41. The lowest BCUT2D eigenvalue weighted by Gasteiger charge is -2.11. The van der Waals surface area contributed by atoms with E-state index in [2.05, 4.69) is 0 Å². The van der Waals surface area contributed by atoms with E-state index in [9.17, 15) is 9.59 Å². The summed E-state index contributed by atoms with van der Waals surface area (Å²) in [6, 6.07) is 0. The molecule has 0 aromatic carbocycles. The van der Waals surface area contributed by atoms with Crippen LogP contribution in [0.1, 0.15) is 39.0 Å². The number of esters is 1. The van der Waals surface area contributed by atoms with Crippen LogP contribution < -0.4 is 0 Å². The van der Waals surface area contributed by atoms with Crippen LogP contribution in [-0.2, 0) is 14.3 Å². The molecular weight excluding hydrogens is 180 g/mol.